The number of amides is 1. The van der Waals surface area contributed by atoms with Crippen LogP contribution >= 0.6 is 11.8 Å². The van der Waals surface area contributed by atoms with Crippen molar-refractivity contribution >= 4 is 29.4 Å². The SMILES string of the molecule is Cc1ccccc1SC1CCN(C(=O)CNC2=C(C(=N)C(=O)O)C3CC3C2)CC1. The van der Waals surface area contributed by atoms with E-state index in [0.717, 1.165) is 44.5 Å². The van der Waals surface area contributed by atoms with Crippen LogP contribution in [0.15, 0.2) is 40.4 Å². The second-order valence-corrected chi connectivity index (χ2v) is 9.54. The Labute approximate surface area is 175 Å². The number of nitrogens with zero attached hydrogens (tertiary/aromatic N) is 1. The largest absolute Gasteiger partial charge is 0.477 e. The fourth-order valence-corrected chi connectivity index (χ4v) is 5.64. The zero-order valence-corrected chi connectivity index (χ0v) is 17.4. The third kappa shape index (κ3) is 4.34. The van der Waals surface area contributed by atoms with Gasteiger partial charge in [-0.3, -0.25) is 10.2 Å². The van der Waals surface area contributed by atoms with Gasteiger partial charge in [-0.2, -0.15) is 0 Å². The summed E-state index contributed by atoms with van der Waals surface area (Å²) >= 11 is 1.91. The molecule has 6 nitrogen and oxygen atoms in total. The Morgan fingerprint density at radius 3 is 2.69 bits per heavy atom. The van der Waals surface area contributed by atoms with E-state index in [4.69, 9.17) is 10.5 Å². The van der Waals surface area contributed by atoms with E-state index < -0.39 is 5.97 Å². The van der Waals surface area contributed by atoms with Crippen molar-refractivity contribution in [3.05, 3.63) is 41.1 Å². The lowest BCUT2D eigenvalue weighted by molar-refractivity contribution is -0.131. The van der Waals surface area contributed by atoms with Gasteiger partial charge in [-0.1, -0.05) is 18.2 Å². The number of allylic oxidation sites excluding steroid dienone is 1. The van der Waals surface area contributed by atoms with Crippen LogP contribution in [0.3, 0.4) is 0 Å². The minimum atomic E-state index is -1.19. The molecule has 1 aromatic rings. The Kier molecular flexibility index (Phi) is 5.67. The van der Waals surface area contributed by atoms with Crippen molar-refractivity contribution in [1.29, 1.82) is 5.41 Å². The van der Waals surface area contributed by atoms with Crippen LogP contribution in [-0.2, 0) is 9.59 Å². The van der Waals surface area contributed by atoms with Gasteiger partial charge in [0.05, 0.1) is 6.54 Å². The fraction of sp³-hybridized carbons (Fsp3) is 0.500. The summed E-state index contributed by atoms with van der Waals surface area (Å²) in [5.41, 5.74) is 2.38. The summed E-state index contributed by atoms with van der Waals surface area (Å²) in [5.74, 6) is -0.480. The topological polar surface area (TPSA) is 93.5 Å². The van der Waals surface area contributed by atoms with Crippen molar-refractivity contribution < 1.29 is 14.7 Å². The molecule has 1 aromatic carbocycles. The first-order valence-corrected chi connectivity index (χ1v) is 11.1. The van der Waals surface area contributed by atoms with E-state index in [2.05, 4.69) is 36.5 Å². The number of carboxylic acid groups (broad SMARTS) is 1. The molecule has 2 fully saturated rings. The van der Waals surface area contributed by atoms with E-state index in [1.165, 1.54) is 10.5 Å². The van der Waals surface area contributed by atoms with Crippen LogP contribution in [0.5, 0.6) is 0 Å². The third-order valence-corrected chi connectivity index (χ3v) is 7.72. The highest BCUT2D eigenvalue weighted by Gasteiger charge is 2.49. The molecule has 29 heavy (non-hydrogen) atoms. The number of rotatable bonds is 7. The lowest BCUT2D eigenvalue weighted by Crippen LogP contribution is -2.43. The lowest BCUT2D eigenvalue weighted by atomic mass is 10.1. The van der Waals surface area contributed by atoms with E-state index in [1.54, 1.807) is 0 Å². The predicted molar refractivity (Wildman–Crippen MR) is 113 cm³/mol. The van der Waals surface area contributed by atoms with E-state index in [9.17, 15) is 9.59 Å². The molecule has 3 aliphatic rings. The Hall–Kier alpha value is -2.28. The molecule has 1 heterocycles. The van der Waals surface area contributed by atoms with Crippen molar-refractivity contribution in [2.75, 3.05) is 19.6 Å². The van der Waals surface area contributed by atoms with Crippen LogP contribution < -0.4 is 5.32 Å². The second kappa shape index (κ2) is 8.22. The molecule has 1 aliphatic heterocycles. The van der Waals surface area contributed by atoms with E-state index in [-0.39, 0.29) is 24.1 Å². The minimum absolute atomic E-state index is 0.0543. The van der Waals surface area contributed by atoms with Crippen LogP contribution in [0.1, 0.15) is 31.2 Å². The van der Waals surface area contributed by atoms with Gasteiger partial charge in [-0.15, -0.1) is 11.8 Å². The molecule has 0 bridgehead atoms. The molecule has 3 N–H and O–H groups in total. The molecule has 2 aliphatic carbocycles. The standard InChI is InChI=1S/C22H27N3O3S/c1-13-4-2-3-5-18(13)29-15-6-8-25(9-7-15)19(26)12-24-17-11-14-10-16(14)20(17)21(23)22(27)28/h2-5,14-16,23-24H,6-12H2,1H3,(H,27,28). The molecule has 154 valence electrons. The molecule has 4 rings (SSSR count). The summed E-state index contributed by atoms with van der Waals surface area (Å²) in [7, 11) is 0. The van der Waals surface area contributed by atoms with Gasteiger partial charge in [0.1, 0.15) is 5.71 Å². The quantitative estimate of drug-likeness (QED) is 0.598. The van der Waals surface area contributed by atoms with Gasteiger partial charge >= 0.3 is 5.97 Å². The maximum absolute atomic E-state index is 12.6. The number of benzene rings is 1. The van der Waals surface area contributed by atoms with E-state index >= 15 is 0 Å². The molecular weight excluding hydrogens is 386 g/mol. The van der Waals surface area contributed by atoms with Crippen molar-refractivity contribution in [3.63, 3.8) is 0 Å². The van der Waals surface area contributed by atoms with Gasteiger partial charge in [-0.25, -0.2) is 4.79 Å². The average Bonchev–Trinajstić information content (AvgIpc) is 3.38. The number of thioether (sulfide) groups is 1. The van der Waals surface area contributed by atoms with E-state index in [1.807, 2.05) is 16.7 Å². The molecule has 2 unspecified atom stereocenters. The molecule has 0 aromatic heterocycles. The van der Waals surface area contributed by atoms with Gasteiger partial charge in [0.2, 0.25) is 5.91 Å². The molecule has 2 atom stereocenters. The highest BCUT2D eigenvalue weighted by atomic mass is 32.2. The summed E-state index contributed by atoms with van der Waals surface area (Å²) in [4.78, 5) is 27.1. The molecule has 7 heteroatoms. The highest BCUT2D eigenvalue weighted by molar-refractivity contribution is 8.00. The zero-order chi connectivity index (χ0) is 20.5. The Bertz CT molecular complexity index is 874. The van der Waals surface area contributed by atoms with Crippen LogP contribution in [0, 0.1) is 24.2 Å². The normalized spacial score (nSPS) is 23.7. The second-order valence-electron chi connectivity index (χ2n) is 8.20. The first-order chi connectivity index (χ1) is 13.9. The molecule has 1 saturated carbocycles. The van der Waals surface area contributed by atoms with Crippen molar-refractivity contribution in [2.45, 2.75) is 42.8 Å². The van der Waals surface area contributed by atoms with Crippen molar-refractivity contribution in [3.8, 4) is 0 Å². The Morgan fingerprint density at radius 2 is 2.00 bits per heavy atom. The number of aryl methyl sites for hydroxylation is 1. The smallest absolute Gasteiger partial charge is 0.354 e. The highest BCUT2D eigenvalue weighted by Crippen LogP contribution is 2.54. The number of carboxylic acids is 1. The number of aliphatic carboxylic acids is 1. The summed E-state index contributed by atoms with van der Waals surface area (Å²) in [6, 6.07) is 8.42. The lowest BCUT2D eigenvalue weighted by Gasteiger charge is -2.32. The first kappa shape index (κ1) is 20.0. The zero-order valence-electron chi connectivity index (χ0n) is 16.6. The Balaban J connectivity index is 1.28. The number of fused-ring (bicyclic) bond motifs is 1. The van der Waals surface area contributed by atoms with Gasteiger partial charge in [0, 0.05) is 34.5 Å². The van der Waals surface area contributed by atoms with Crippen molar-refractivity contribution in [1.82, 2.24) is 10.2 Å². The van der Waals surface area contributed by atoms with Crippen LogP contribution in [0.25, 0.3) is 0 Å². The number of nitrogens with one attached hydrogen (secondary N) is 2. The summed E-state index contributed by atoms with van der Waals surface area (Å²) < 4.78 is 0. The summed E-state index contributed by atoms with van der Waals surface area (Å²) in [5, 5.41) is 20.7. The first-order valence-electron chi connectivity index (χ1n) is 10.2. The molecule has 0 radical (unpaired) electrons. The number of carbonyl (C=O) groups is 2. The maximum atomic E-state index is 12.6. The number of piperidine rings is 1. The monoisotopic (exact) mass is 413 g/mol. The number of carbonyl (C=O) groups excluding carboxylic acids is 1. The van der Waals surface area contributed by atoms with Crippen LogP contribution in [0.4, 0.5) is 0 Å². The molecular formula is C22H27N3O3S. The third-order valence-electron chi connectivity index (χ3n) is 6.20. The van der Waals surface area contributed by atoms with Gasteiger partial charge in [-0.05, 0) is 56.1 Å². The van der Waals surface area contributed by atoms with Gasteiger partial charge in [0.15, 0.2) is 0 Å². The van der Waals surface area contributed by atoms with E-state index in [0.29, 0.717) is 16.7 Å². The average molecular weight is 414 g/mol. The molecule has 1 saturated heterocycles. The number of hydrogen-bond acceptors (Lipinski definition) is 5. The van der Waals surface area contributed by atoms with Crippen molar-refractivity contribution in [2.24, 2.45) is 11.8 Å². The fourth-order valence-electron chi connectivity index (χ4n) is 4.43. The maximum Gasteiger partial charge on any atom is 0.354 e. The minimum Gasteiger partial charge on any atom is -0.477 e. The molecule has 1 amide bonds. The molecule has 0 spiro atoms. The summed E-state index contributed by atoms with van der Waals surface area (Å²) in [6.07, 6.45) is 3.69. The van der Waals surface area contributed by atoms with Gasteiger partial charge < -0.3 is 15.3 Å². The van der Waals surface area contributed by atoms with Gasteiger partial charge in [0.25, 0.3) is 0 Å². The summed E-state index contributed by atoms with van der Waals surface area (Å²) in [6.45, 7) is 3.83. The van der Waals surface area contributed by atoms with Crippen LogP contribution in [-0.4, -0.2) is 52.5 Å². The number of likely N-dealkylation sites (tertiary alicyclic amines) is 1. The van der Waals surface area contributed by atoms with Crippen LogP contribution in [0.2, 0.25) is 0 Å². The Morgan fingerprint density at radius 1 is 1.28 bits per heavy atom. The predicted octanol–water partition coefficient (Wildman–Crippen LogP) is 3.07. The number of hydrogen-bond donors (Lipinski definition) is 3.